The summed E-state index contributed by atoms with van der Waals surface area (Å²) < 4.78 is 25.9. The second-order valence-corrected chi connectivity index (χ2v) is 4.38. The van der Waals surface area contributed by atoms with Gasteiger partial charge in [-0.15, -0.1) is 0 Å². The minimum Gasteiger partial charge on any atom is -0.329 e. The fourth-order valence-electron chi connectivity index (χ4n) is 1.67. The first-order valence-electron chi connectivity index (χ1n) is 6.39. The van der Waals surface area contributed by atoms with E-state index < -0.39 is 23.6 Å². The Morgan fingerprint density at radius 3 is 1.95 bits per heavy atom. The van der Waals surface area contributed by atoms with Crippen LogP contribution in [0.25, 0.3) is 0 Å². The number of halogens is 2. The van der Waals surface area contributed by atoms with Crippen molar-refractivity contribution in [3.05, 3.63) is 60.2 Å². The molecule has 0 aromatic heterocycles. The van der Waals surface area contributed by atoms with Crippen LogP contribution in [0.1, 0.15) is 0 Å². The van der Waals surface area contributed by atoms with Gasteiger partial charge < -0.3 is 16.0 Å². The predicted molar refractivity (Wildman–Crippen MR) is 78.5 cm³/mol. The highest BCUT2D eigenvalue weighted by Crippen LogP contribution is 2.09. The highest BCUT2D eigenvalue weighted by Gasteiger charge is 2.07. The first-order chi connectivity index (χ1) is 10.5. The maximum atomic E-state index is 12.9. The number of rotatable bonds is 4. The molecule has 0 radical (unpaired) electrons. The molecular formula is C15H13F2N3O2. The second-order valence-electron chi connectivity index (χ2n) is 4.38. The zero-order valence-electron chi connectivity index (χ0n) is 11.4. The van der Waals surface area contributed by atoms with Gasteiger partial charge in [-0.05, 0) is 36.4 Å². The van der Waals surface area contributed by atoms with E-state index in [-0.39, 0.29) is 17.9 Å². The lowest BCUT2D eigenvalue weighted by atomic mass is 10.3. The Balaban J connectivity index is 1.79. The van der Waals surface area contributed by atoms with Crippen molar-refractivity contribution in [1.29, 1.82) is 0 Å². The minimum absolute atomic E-state index is 0.267. The molecule has 2 aromatic carbocycles. The molecule has 0 fully saturated rings. The molecule has 0 aliphatic heterocycles. The maximum absolute atomic E-state index is 12.9. The standard InChI is InChI=1S/C15H13F2N3O2/c16-10-3-1-5-12(7-10)19-14(21)9-18-15(22)20-13-6-2-4-11(17)8-13/h1-8H,9H2,(H,19,21)(H2,18,20,22). The molecule has 2 rings (SSSR count). The Labute approximate surface area is 125 Å². The Hall–Kier alpha value is -2.96. The number of carbonyl (C=O) groups is 2. The third kappa shape index (κ3) is 4.86. The summed E-state index contributed by atoms with van der Waals surface area (Å²) in [5.74, 6) is -1.48. The molecule has 114 valence electrons. The van der Waals surface area contributed by atoms with E-state index in [1.807, 2.05) is 0 Å². The molecule has 0 unspecified atom stereocenters. The summed E-state index contributed by atoms with van der Waals surface area (Å²) in [6.07, 6.45) is 0. The molecule has 0 spiro atoms. The molecule has 3 amide bonds. The van der Waals surface area contributed by atoms with Gasteiger partial charge in [-0.3, -0.25) is 4.79 Å². The molecule has 0 aliphatic carbocycles. The van der Waals surface area contributed by atoms with E-state index in [9.17, 15) is 18.4 Å². The molecule has 2 aromatic rings. The summed E-state index contributed by atoms with van der Waals surface area (Å²) in [7, 11) is 0. The molecule has 0 heterocycles. The molecule has 0 atom stereocenters. The lowest BCUT2D eigenvalue weighted by Crippen LogP contribution is -2.35. The summed E-state index contributed by atoms with van der Waals surface area (Å²) >= 11 is 0. The Morgan fingerprint density at radius 1 is 0.864 bits per heavy atom. The molecular weight excluding hydrogens is 292 g/mol. The molecule has 0 bridgehead atoms. The number of hydrogen-bond acceptors (Lipinski definition) is 2. The van der Waals surface area contributed by atoms with Gasteiger partial charge in [-0.25, -0.2) is 13.6 Å². The summed E-state index contributed by atoms with van der Waals surface area (Å²) in [5.41, 5.74) is 0.556. The van der Waals surface area contributed by atoms with E-state index >= 15 is 0 Å². The van der Waals surface area contributed by atoms with Gasteiger partial charge in [0.2, 0.25) is 5.91 Å². The smallest absolute Gasteiger partial charge is 0.319 e. The second kappa shape index (κ2) is 7.16. The zero-order chi connectivity index (χ0) is 15.9. The van der Waals surface area contributed by atoms with Gasteiger partial charge >= 0.3 is 6.03 Å². The Bertz CT molecular complexity index is 632. The number of urea groups is 1. The van der Waals surface area contributed by atoms with Crippen molar-refractivity contribution in [2.45, 2.75) is 0 Å². The van der Waals surface area contributed by atoms with Crippen LogP contribution >= 0.6 is 0 Å². The highest BCUT2D eigenvalue weighted by atomic mass is 19.1. The Kier molecular flexibility index (Phi) is 5.02. The van der Waals surface area contributed by atoms with Crippen LogP contribution in [-0.4, -0.2) is 18.5 Å². The van der Waals surface area contributed by atoms with Crippen LogP contribution in [-0.2, 0) is 4.79 Å². The topological polar surface area (TPSA) is 70.2 Å². The molecule has 0 saturated carbocycles. The molecule has 7 heteroatoms. The van der Waals surface area contributed by atoms with Gasteiger partial charge in [0.05, 0.1) is 6.54 Å². The number of carbonyl (C=O) groups excluding carboxylic acids is 2. The van der Waals surface area contributed by atoms with Crippen LogP contribution in [0.5, 0.6) is 0 Å². The summed E-state index contributed by atoms with van der Waals surface area (Å²) in [5, 5.41) is 7.12. The van der Waals surface area contributed by atoms with E-state index in [1.54, 1.807) is 0 Å². The van der Waals surface area contributed by atoms with Gasteiger partial charge in [0, 0.05) is 11.4 Å². The fourth-order valence-corrected chi connectivity index (χ4v) is 1.67. The lowest BCUT2D eigenvalue weighted by Gasteiger charge is -2.08. The van der Waals surface area contributed by atoms with Crippen LogP contribution in [0, 0.1) is 11.6 Å². The zero-order valence-corrected chi connectivity index (χ0v) is 11.4. The Morgan fingerprint density at radius 2 is 1.41 bits per heavy atom. The van der Waals surface area contributed by atoms with E-state index in [2.05, 4.69) is 16.0 Å². The van der Waals surface area contributed by atoms with Gasteiger partial charge in [0.15, 0.2) is 0 Å². The predicted octanol–water partition coefficient (Wildman–Crippen LogP) is 2.73. The van der Waals surface area contributed by atoms with Gasteiger partial charge in [0.1, 0.15) is 11.6 Å². The number of amides is 3. The summed E-state index contributed by atoms with van der Waals surface area (Å²) in [6.45, 7) is -0.308. The van der Waals surface area contributed by atoms with E-state index in [0.717, 1.165) is 12.1 Å². The normalized spacial score (nSPS) is 9.91. The number of nitrogens with one attached hydrogen (secondary N) is 3. The van der Waals surface area contributed by atoms with Crippen molar-refractivity contribution in [3.8, 4) is 0 Å². The van der Waals surface area contributed by atoms with Crippen molar-refractivity contribution in [1.82, 2.24) is 5.32 Å². The third-order valence-electron chi connectivity index (χ3n) is 2.60. The third-order valence-corrected chi connectivity index (χ3v) is 2.60. The van der Waals surface area contributed by atoms with Crippen molar-refractivity contribution in [2.75, 3.05) is 17.2 Å². The van der Waals surface area contributed by atoms with Crippen molar-refractivity contribution >= 4 is 23.3 Å². The lowest BCUT2D eigenvalue weighted by molar-refractivity contribution is -0.115. The number of benzene rings is 2. The van der Waals surface area contributed by atoms with Crippen molar-refractivity contribution in [3.63, 3.8) is 0 Å². The van der Waals surface area contributed by atoms with E-state index in [0.29, 0.717) is 0 Å². The maximum Gasteiger partial charge on any atom is 0.319 e. The molecule has 0 aliphatic rings. The quantitative estimate of drug-likeness (QED) is 0.813. The number of hydrogen-bond donors (Lipinski definition) is 3. The minimum atomic E-state index is -0.653. The monoisotopic (exact) mass is 305 g/mol. The first kappa shape index (κ1) is 15.4. The average Bonchev–Trinajstić information content (AvgIpc) is 2.45. The van der Waals surface area contributed by atoms with Gasteiger partial charge in [-0.2, -0.15) is 0 Å². The van der Waals surface area contributed by atoms with Crippen LogP contribution < -0.4 is 16.0 Å². The van der Waals surface area contributed by atoms with Gasteiger partial charge in [-0.1, -0.05) is 12.1 Å². The number of anilines is 2. The van der Waals surface area contributed by atoms with Crippen LogP contribution in [0.2, 0.25) is 0 Å². The van der Waals surface area contributed by atoms with Crippen molar-refractivity contribution in [2.24, 2.45) is 0 Å². The largest absolute Gasteiger partial charge is 0.329 e. The average molecular weight is 305 g/mol. The van der Waals surface area contributed by atoms with Gasteiger partial charge in [0.25, 0.3) is 0 Å². The van der Waals surface area contributed by atoms with Crippen molar-refractivity contribution < 1.29 is 18.4 Å². The van der Waals surface area contributed by atoms with Crippen LogP contribution in [0.15, 0.2) is 48.5 Å². The van der Waals surface area contributed by atoms with Crippen LogP contribution in [0.3, 0.4) is 0 Å². The molecule has 22 heavy (non-hydrogen) atoms. The molecule has 3 N–H and O–H groups in total. The first-order valence-corrected chi connectivity index (χ1v) is 6.39. The summed E-state index contributed by atoms with van der Waals surface area (Å²) in [4.78, 5) is 23.1. The fraction of sp³-hybridized carbons (Fsp3) is 0.0667. The van der Waals surface area contributed by atoms with Crippen LogP contribution in [0.4, 0.5) is 25.0 Å². The highest BCUT2D eigenvalue weighted by molar-refractivity contribution is 5.96. The SMILES string of the molecule is O=C(CNC(=O)Nc1cccc(F)c1)Nc1cccc(F)c1. The molecule has 0 saturated heterocycles. The molecule has 5 nitrogen and oxygen atoms in total. The van der Waals surface area contributed by atoms with E-state index in [4.69, 9.17) is 0 Å². The summed E-state index contributed by atoms with van der Waals surface area (Å²) in [6, 6.07) is 10.1. The van der Waals surface area contributed by atoms with E-state index in [1.165, 1.54) is 36.4 Å².